The SMILES string of the molecule is CCCCCCCOc1ccc(-c2nnc(OCCC[C@H]3CC[C@H](CCCCC)CC3)s2)cc1. The Morgan fingerprint density at radius 1 is 0.706 bits per heavy atom. The zero-order valence-corrected chi connectivity index (χ0v) is 22.4. The lowest BCUT2D eigenvalue weighted by Gasteiger charge is -2.28. The lowest BCUT2D eigenvalue weighted by Crippen LogP contribution is -2.15. The number of nitrogens with zero attached hydrogens (tertiary/aromatic N) is 2. The zero-order chi connectivity index (χ0) is 23.8. The summed E-state index contributed by atoms with van der Waals surface area (Å²) < 4.78 is 11.8. The first-order valence-electron chi connectivity index (χ1n) is 14.0. The van der Waals surface area contributed by atoms with Gasteiger partial charge in [-0.3, -0.25) is 0 Å². The van der Waals surface area contributed by atoms with Crippen LogP contribution >= 0.6 is 11.3 Å². The lowest BCUT2D eigenvalue weighted by atomic mass is 9.78. The second-order valence-electron chi connectivity index (χ2n) is 10.0. The molecular formula is C29H46N2O2S. The van der Waals surface area contributed by atoms with E-state index in [-0.39, 0.29) is 0 Å². The Morgan fingerprint density at radius 2 is 1.32 bits per heavy atom. The Hall–Kier alpha value is -1.62. The Kier molecular flexibility index (Phi) is 12.8. The van der Waals surface area contributed by atoms with Crippen LogP contribution < -0.4 is 9.47 Å². The van der Waals surface area contributed by atoms with Crippen molar-refractivity contribution in [3.63, 3.8) is 0 Å². The van der Waals surface area contributed by atoms with Crippen molar-refractivity contribution in [2.24, 2.45) is 11.8 Å². The van der Waals surface area contributed by atoms with Crippen molar-refractivity contribution in [1.82, 2.24) is 10.2 Å². The molecule has 0 unspecified atom stereocenters. The van der Waals surface area contributed by atoms with Gasteiger partial charge in [-0.05, 0) is 55.4 Å². The highest BCUT2D eigenvalue weighted by Gasteiger charge is 2.20. The van der Waals surface area contributed by atoms with E-state index in [0.29, 0.717) is 5.19 Å². The van der Waals surface area contributed by atoms with Crippen LogP contribution in [0.2, 0.25) is 0 Å². The molecule has 0 bridgehead atoms. The molecule has 1 aliphatic rings. The van der Waals surface area contributed by atoms with Gasteiger partial charge in [-0.1, -0.05) is 107 Å². The van der Waals surface area contributed by atoms with Gasteiger partial charge >= 0.3 is 0 Å². The number of ether oxygens (including phenoxy) is 2. The van der Waals surface area contributed by atoms with Gasteiger partial charge in [-0.15, -0.1) is 5.10 Å². The number of rotatable bonds is 17. The molecule has 0 atom stereocenters. The van der Waals surface area contributed by atoms with Crippen molar-refractivity contribution in [3.8, 4) is 21.5 Å². The molecule has 1 fully saturated rings. The van der Waals surface area contributed by atoms with Gasteiger partial charge in [0.2, 0.25) is 0 Å². The van der Waals surface area contributed by atoms with Crippen LogP contribution in [0.5, 0.6) is 10.9 Å². The maximum Gasteiger partial charge on any atom is 0.294 e. The molecule has 1 aliphatic carbocycles. The molecule has 0 radical (unpaired) electrons. The number of aromatic nitrogens is 2. The van der Waals surface area contributed by atoms with E-state index in [1.54, 1.807) is 0 Å². The minimum atomic E-state index is 0.682. The summed E-state index contributed by atoms with van der Waals surface area (Å²) in [5.41, 5.74) is 1.07. The molecule has 4 nitrogen and oxygen atoms in total. The van der Waals surface area contributed by atoms with Crippen LogP contribution in [-0.4, -0.2) is 23.4 Å². The summed E-state index contributed by atoms with van der Waals surface area (Å²) in [7, 11) is 0. The van der Waals surface area contributed by atoms with E-state index in [1.807, 2.05) is 12.1 Å². The number of hydrogen-bond donors (Lipinski definition) is 0. The van der Waals surface area contributed by atoms with E-state index in [4.69, 9.17) is 9.47 Å². The minimum absolute atomic E-state index is 0.682. The maximum atomic E-state index is 5.92. The van der Waals surface area contributed by atoms with E-state index in [2.05, 4.69) is 36.2 Å². The third-order valence-corrected chi connectivity index (χ3v) is 8.07. The molecule has 190 valence electrons. The minimum Gasteiger partial charge on any atom is -0.494 e. The standard InChI is InChI=1S/C29H46N2O2S/c1-3-5-7-8-10-22-32-27-20-18-26(19-21-27)28-30-31-29(34-28)33-23-11-13-25-16-14-24(15-17-25)12-9-6-4-2/h18-21,24-25H,3-17,22-23H2,1-2H3/t24-,25-. The number of hydrogen-bond acceptors (Lipinski definition) is 5. The highest BCUT2D eigenvalue weighted by atomic mass is 32.1. The highest BCUT2D eigenvalue weighted by molar-refractivity contribution is 7.16. The van der Waals surface area contributed by atoms with Crippen molar-refractivity contribution in [2.75, 3.05) is 13.2 Å². The lowest BCUT2D eigenvalue weighted by molar-refractivity contribution is 0.227. The van der Waals surface area contributed by atoms with Crippen LogP contribution in [0.3, 0.4) is 0 Å². The van der Waals surface area contributed by atoms with Crippen molar-refractivity contribution >= 4 is 11.3 Å². The number of benzene rings is 1. The third kappa shape index (κ3) is 9.93. The van der Waals surface area contributed by atoms with Crippen LogP contribution in [0.1, 0.15) is 110 Å². The molecule has 1 aromatic carbocycles. The topological polar surface area (TPSA) is 44.2 Å². The molecule has 34 heavy (non-hydrogen) atoms. The second-order valence-corrected chi connectivity index (χ2v) is 11.0. The molecule has 0 amide bonds. The van der Waals surface area contributed by atoms with Crippen LogP contribution in [0, 0.1) is 11.8 Å². The summed E-state index contributed by atoms with van der Waals surface area (Å²) in [5.74, 6) is 2.82. The zero-order valence-electron chi connectivity index (χ0n) is 21.6. The van der Waals surface area contributed by atoms with Gasteiger partial charge in [-0.2, -0.15) is 0 Å². The van der Waals surface area contributed by atoms with E-state index < -0.39 is 0 Å². The first kappa shape index (κ1) is 27.0. The molecule has 0 aliphatic heterocycles. The smallest absolute Gasteiger partial charge is 0.294 e. The summed E-state index contributed by atoms with van der Waals surface area (Å²) in [6, 6.07) is 8.19. The molecule has 5 heteroatoms. The van der Waals surface area contributed by atoms with Crippen LogP contribution in [0.25, 0.3) is 10.6 Å². The van der Waals surface area contributed by atoms with Crippen molar-refractivity contribution in [2.45, 2.75) is 110 Å². The van der Waals surface area contributed by atoms with Gasteiger partial charge < -0.3 is 9.47 Å². The van der Waals surface area contributed by atoms with E-state index >= 15 is 0 Å². The van der Waals surface area contributed by atoms with E-state index in [9.17, 15) is 0 Å². The molecule has 0 saturated heterocycles. The summed E-state index contributed by atoms with van der Waals surface area (Å²) in [6.45, 7) is 6.08. The average Bonchev–Trinajstić information content (AvgIpc) is 3.34. The Labute approximate surface area is 211 Å². The summed E-state index contributed by atoms with van der Waals surface area (Å²) >= 11 is 1.53. The van der Waals surface area contributed by atoms with Crippen molar-refractivity contribution in [3.05, 3.63) is 24.3 Å². The Morgan fingerprint density at radius 3 is 2.03 bits per heavy atom. The predicted molar refractivity (Wildman–Crippen MR) is 144 cm³/mol. The predicted octanol–water partition coefficient (Wildman–Crippen LogP) is 9.10. The van der Waals surface area contributed by atoms with Gasteiger partial charge in [0.15, 0.2) is 5.01 Å². The van der Waals surface area contributed by atoms with Crippen LogP contribution in [0.15, 0.2) is 24.3 Å². The monoisotopic (exact) mass is 486 g/mol. The molecule has 1 heterocycles. The largest absolute Gasteiger partial charge is 0.494 e. The fourth-order valence-electron chi connectivity index (χ4n) is 5.00. The fourth-order valence-corrected chi connectivity index (χ4v) is 5.72. The Balaban J connectivity index is 1.29. The van der Waals surface area contributed by atoms with Crippen LogP contribution in [0.4, 0.5) is 0 Å². The highest BCUT2D eigenvalue weighted by Crippen LogP contribution is 2.34. The van der Waals surface area contributed by atoms with E-state index in [0.717, 1.165) is 54.2 Å². The first-order chi connectivity index (χ1) is 16.8. The molecule has 0 N–H and O–H groups in total. The molecular weight excluding hydrogens is 440 g/mol. The summed E-state index contributed by atoms with van der Waals surface area (Å²) in [6.07, 6.45) is 20.0. The second kappa shape index (κ2) is 16.1. The first-order valence-corrected chi connectivity index (χ1v) is 14.8. The van der Waals surface area contributed by atoms with Crippen LogP contribution in [-0.2, 0) is 0 Å². The third-order valence-electron chi connectivity index (χ3n) is 7.19. The van der Waals surface area contributed by atoms with Gasteiger partial charge in [0.25, 0.3) is 5.19 Å². The van der Waals surface area contributed by atoms with Gasteiger partial charge in [0, 0.05) is 5.56 Å². The van der Waals surface area contributed by atoms with Gasteiger partial charge in [0.05, 0.1) is 13.2 Å². The van der Waals surface area contributed by atoms with Gasteiger partial charge in [-0.25, -0.2) is 0 Å². The van der Waals surface area contributed by atoms with E-state index in [1.165, 1.54) is 94.8 Å². The van der Waals surface area contributed by atoms with Crippen molar-refractivity contribution < 1.29 is 9.47 Å². The average molecular weight is 487 g/mol. The molecule has 2 aromatic rings. The van der Waals surface area contributed by atoms with Gasteiger partial charge in [0.1, 0.15) is 5.75 Å². The molecule has 3 rings (SSSR count). The summed E-state index contributed by atoms with van der Waals surface area (Å²) in [4.78, 5) is 0. The number of unbranched alkanes of at least 4 members (excludes halogenated alkanes) is 6. The molecule has 1 saturated carbocycles. The quantitative estimate of drug-likeness (QED) is 0.209. The molecule has 1 aromatic heterocycles. The van der Waals surface area contributed by atoms with Crippen molar-refractivity contribution in [1.29, 1.82) is 0 Å². The maximum absolute atomic E-state index is 5.92. The normalized spacial score (nSPS) is 18.2. The molecule has 0 spiro atoms. The Bertz CT molecular complexity index is 769. The fraction of sp³-hybridized carbons (Fsp3) is 0.724. The summed E-state index contributed by atoms with van der Waals surface area (Å²) in [5, 5.41) is 10.2.